The summed E-state index contributed by atoms with van der Waals surface area (Å²) in [6, 6.07) is 3.03. The second kappa shape index (κ2) is 5.77. The number of urea groups is 1. The van der Waals surface area contributed by atoms with Crippen molar-refractivity contribution in [1.29, 1.82) is 0 Å². The van der Waals surface area contributed by atoms with E-state index in [0.717, 1.165) is 0 Å². The monoisotopic (exact) mass is 278 g/mol. The van der Waals surface area contributed by atoms with Crippen LogP contribution in [0.15, 0.2) is 18.3 Å². The van der Waals surface area contributed by atoms with Crippen LogP contribution >= 0.6 is 0 Å². The Morgan fingerprint density at radius 2 is 1.90 bits per heavy atom. The number of rotatable bonds is 2. The van der Waals surface area contributed by atoms with Crippen LogP contribution in [-0.4, -0.2) is 72.2 Å². The van der Waals surface area contributed by atoms with Crippen molar-refractivity contribution in [1.82, 2.24) is 14.8 Å². The van der Waals surface area contributed by atoms with Gasteiger partial charge < -0.3 is 19.8 Å². The first kappa shape index (κ1) is 14.1. The summed E-state index contributed by atoms with van der Waals surface area (Å²) in [5.74, 6) is -0.322. The number of carboxylic acid groups (broad SMARTS) is 1. The summed E-state index contributed by atoms with van der Waals surface area (Å²) in [5, 5.41) is 8.98. The van der Waals surface area contributed by atoms with Gasteiger partial charge >= 0.3 is 12.0 Å². The van der Waals surface area contributed by atoms with E-state index in [1.807, 2.05) is 4.90 Å². The van der Waals surface area contributed by atoms with Crippen LogP contribution < -0.4 is 4.90 Å². The maximum Gasteiger partial charge on any atom is 0.335 e. The quantitative estimate of drug-likeness (QED) is 0.856. The molecule has 7 nitrogen and oxygen atoms in total. The van der Waals surface area contributed by atoms with Gasteiger partial charge in [0.2, 0.25) is 0 Å². The molecule has 20 heavy (non-hydrogen) atoms. The molecule has 0 bridgehead atoms. The smallest absolute Gasteiger partial charge is 0.335 e. The van der Waals surface area contributed by atoms with Gasteiger partial charge in [0, 0.05) is 46.5 Å². The fourth-order valence-electron chi connectivity index (χ4n) is 2.13. The molecule has 0 radical (unpaired) electrons. The number of carbonyl (C=O) groups excluding carboxylic acids is 1. The Morgan fingerprint density at radius 1 is 1.25 bits per heavy atom. The second-order valence-corrected chi connectivity index (χ2v) is 4.86. The van der Waals surface area contributed by atoms with Crippen LogP contribution in [0.5, 0.6) is 0 Å². The van der Waals surface area contributed by atoms with Crippen molar-refractivity contribution in [2.45, 2.75) is 0 Å². The van der Waals surface area contributed by atoms with Crippen molar-refractivity contribution in [3.8, 4) is 0 Å². The molecule has 0 aromatic carbocycles. The van der Waals surface area contributed by atoms with E-state index in [1.165, 1.54) is 12.3 Å². The summed E-state index contributed by atoms with van der Waals surface area (Å²) in [4.78, 5) is 32.3. The predicted octanol–water partition coefficient (Wildman–Crippen LogP) is 0.583. The third-order valence-electron chi connectivity index (χ3n) is 3.25. The van der Waals surface area contributed by atoms with Crippen molar-refractivity contribution in [3.63, 3.8) is 0 Å². The number of hydrogen-bond acceptors (Lipinski definition) is 4. The van der Waals surface area contributed by atoms with Gasteiger partial charge in [0.05, 0.1) is 5.56 Å². The lowest BCUT2D eigenvalue weighted by atomic mass is 10.2. The Morgan fingerprint density at radius 3 is 2.45 bits per heavy atom. The molecule has 108 valence electrons. The topological polar surface area (TPSA) is 77.0 Å². The summed E-state index contributed by atoms with van der Waals surface area (Å²) in [6.07, 6.45) is 1.50. The van der Waals surface area contributed by atoms with Crippen molar-refractivity contribution in [3.05, 3.63) is 23.9 Å². The van der Waals surface area contributed by atoms with Gasteiger partial charge in [-0.15, -0.1) is 0 Å². The van der Waals surface area contributed by atoms with E-state index in [-0.39, 0.29) is 11.6 Å². The number of carboxylic acids is 1. The van der Waals surface area contributed by atoms with E-state index in [2.05, 4.69) is 4.98 Å². The highest BCUT2D eigenvalue weighted by molar-refractivity contribution is 5.88. The highest BCUT2D eigenvalue weighted by atomic mass is 16.4. The Balaban J connectivity index is 2.02. The van der Waals surface area contributed by atoms with Gasteiger partial charge in [-0.25, -0.2) is 14.6 Å². The molecule has 1 saturated heterocycles. The van der Waals surface area contributed by atoms with E-state index in [0.29, 0.717) is 32.0 Å². The summed E-state index contributed by atoms with van der Waals surface area (Å²) in [6.45, 7) is 2.51. The summed E-state index contributed by atoms with van der Waals surface area (Å²) in [5.41, 5.74) is 0.224. The lowest BCUT2D eigenvalue weighted by Crippen LogP contribution is -2.51. The van der Waals surface area contributed by atoms with Crippen LogP contribution in [0.3, 0.4) is 0 Å². The third-order valence-corrected chi connectivity index (χ3v) is 3.25. The maximum atomic E-state index is 11.8. The number of pyridine rings is 1. The zero-order valence-corrected chi connectivity index (χ0v) is 11.6. The Kier molecular flexibility index (Phi) is 4.07. The normalized spacial score (nSPS) is 15.1. The molecule has 0 unspecified atom stereocenters. The lowest BCUT2D eigenvalue weighted by molar-refractivity contribution is 0.0696. The standard InChI is InChI=1S/C13H18N4O3/c1-15(2)13(20)17-7-5-16(6-8-17)11-9-10(12(18)19)3-4-14-11/h3-4,9H,5-8H2,1-2H3,(H,18,19). The second-order valence-electron chi connectivity index (χ2n) is 4.86. The number of nitrogens with zero attached hydrogens (tertiary/aromatic N) is 4. The minimum atomic E-state index is -0.963. The van der Waals surface area contributed by atoms with Crippen LogP contribution in [0.2, 0.25) is 0 Å². The SMILES string of the molecule is CN(C)C(=O)N1CCN(c2cc(C(=O)O)ccn2)CC1. The summed E-state index contributed by atoms with van der Waals surface area (Å²) < 4.78 is 0. The highest BCUT2D eigenvalue weighted by Gasteiger charge is 2.23. The molecule has 1 N–H and O–H groups in total. The van der Waals surface area contributed by atoms with E-state index in [1.54, 1.807) is 30.0 Å². The number of anilines is 1. The molecular formula is C13H18N4O3. The van der Waals surface area contributed by atoms with Gasteiger partial charge in [0.1, 0.15) is 5.82 Å². The number of carbonyl (C=O) groups is 2. The van der Waals surface area contributed by atoms with Gasteiger partial charge in [0.15, 0.2) is 0 Å². The molecule has 1 aliphatic rings. The predicted molar refractivity (Wildman–Crippen MR) is 74.1 cm³/mol. The van der Waals surface area contributed by atoms with Crippen molar-refractivity contribution >= 4 is 17.8 Å². The highest BCUT2D eigenvalue weighted by Crippen LogP contribution is 2.15. The first-order valence-electron chi connectivity index (χ1n) is 6.39. The molecule has 0 saturated carbocycles. The van der Waals surface area contributed by atoms with E-state index >= 15 is 0 Å². The zero-order valence-electron chi connectivity index (χ0n) is 11.6. The molecule has 2 heterocycles. The van der Waals surface area contributed by atoms with Crippen LogP contribution in [0.1, 0.15) is 10.4 Å². The number of aromatic nitrogens is 1. The van der Waals surface area contributed by atoms with Crippen LogP contribution in [0, 0.1) is 0 Å². The molecule has 0 spiro atoms. The Hall–Kier alpha value is -2.31. The van der Waals surface area contributed by atoms with Crippen LogP contribution in [0.25, 0.3) is 0 Å². The molecule has 2 amide bonds. The zero-order chi connectivity index (χ0) is 14.7. The summed E-state index contributed by atoms with van der Waals surface area (Å²) in [7, 11) is 3.46. The van der Waals surface area contributed by atoms with Crippen molar-refractivity contribution < 1.29 is 14.7 Å². The molecule has 1 aromatic heterocycles. The van der Waals surface area contributed by atoms with Gasteiger partial charge in [-0.2, -0.15) is 0 Å². The summed E-state index contributed by atoms with van der Waals surface area (Å²) >= 11 is 0. The van der Waals surface area contributed by atoms with E-state index in [9.17, 15) is 9.59 Å². The number of piperazine rings is 1. The average Bonchev–Trinajstić information content (AvgIpc) is 2.46. The number of aromatic carboxylic acids is 1. The third kappa shape index (κ3) is 2.98. The molecule has 1 aromatic rings. The molecule has 1 fully saturated rings. The van der Waals surface area contributed by atoms with E-state index in [4.69, 9.17) is 5.11 Å². The van der Waals surface area contributed by atoms with Crippen LogP contribution in [-0.2, 0) is 0 Å². The van der Waals surface area contributed by atoms with Crippen molar-refractivity contribution in [2.75, 3.05) is 45.2 Å². The maximum absolute atomic E-state index is 11.8. The molecular weight excluding hydrogens is 260 g/mol. The van der Waals surface area contributed by atoms with Gasteiger partial charge in [0.25, 0.3) is 0 Å². The van der Waals surface area contributed by atoms with Gasteiger partial charge in [-0.1, -0.05) is 0 Å². The van der Waals surface area contributed by atoms with Gasteiger partial charge in [-0.05, 0) is 12.1 Å². The van der Waals surface area contributed by atoms with E-state index < -0.39 is 5.97 Å². The minimum absolute atomic E-state index is 0.00287. The van der Waals surface area contributed by atoms with Gasteiger partial charge in [-0.3, -0.25) is 0 Å². The van der Waals surface area contributed by atoms with Crippen molar-refractivity contribution in [2.24, 2.45) is 0 Å². The van der Waals surface area contributed by atoms with Crippen LogP contribution in [0.4, 0.5) is 10.6 Å². The molecule has 1 aliphatic heterocycles. The number of hydrogen-bond donors (Lipinski definition) is 1. The average molecular weight is 278 g/mol. The molecule has 2 rings (SSSR count). The fourth-order valence-corrected chi connectivity index (χ4v) is 2.13. The fraction of sp³-hybridized carbons (Fsp3) is 0.462. The Bertz CT molecular complexity index is 510. The Labute approximate surface area is 117 Å². The largest absolute Gasteiger partial charge is 0.478 e. The molecule has 0 atom stereocenters. The molecule has 7 heteroatoms. The molecule has 0 aliphatic carbocycles. The lowest BCUT2D eigenvalue weighted by Gasteiger charge is -2.36. The number of amides is 2. The first-order chi connectivity index (χ1) is 9.49. The minimum Gasteiger partial charge on any atom is -0.478 e. The first-order valence-corrected chi connectivity index (χ1v) is 6.39.